The van der Waals surface area contributed by atoms with E-state index < -0.39 is 12.2 Å². The van der Waals surface area contributed by atoms with Crippen LogP contribution in [0.5, 0.6) is 11.5 Å². The topological polar surface area (TPSA) is 58.9 Å². The molecule has 17 heavy (non-hydrogen) atoms. The first kappa shape index (κ1) is 14.3. The van der Waals surface area contributed by atoms with Crippen molar-refractivity contribution in [1.29, 1.82) is 0 Å². The Morgan fingerprint density at radius 3 is 2.35 bits per heavy atom. The normalized spacial score (nSPS) is 14.2. The third kappa shape index (κ3) is 3.59. The van der Waals surface area contributed by atoms with Gasteiger partial charge in [-0.15, -0.1) is 0 Å². The van der Waals surface area contributed by atoms with Crippen molar-refractivity contribution in [1.82, 2.24) is 0 Å². The summed E-state index contributed by atoms with van der Waals surface area (Å²) in [7, 11) is 3.08. The summed E-state index contributed by atoms with van der Waals surface area (Å²) in [6.07, 6.45) is -1.24. The Labute approximate surface area is 109 Å². The van der Waals surface area contributed by atoms with Crippen molar-refractivity contribution in [3.05, 3.63) is 23.8 Å². The predicted octanol–water partition coefficient (Wildman–Crippen LogP) is 1.88. The van der Waals surface area contributed by atoms with Gasteiger partial charge in [0.25, 0.3) is 0 Å². The minimum absolute atomic E-state index is 0.482. The summed E-state index contributed by atoms with van der Waals surface area (Å²) in [4.78, 5) is 0. The molecule has 0 aliphatic rings. The Balaban J connectivity index is 2.91. The molecule has 2 N–H and O–H groups in total. The van der Waals surface area contributed by atoms with Gasteiger partial charge < -0.3 is 19.7 Å². The van der Waals surface area contributed by atoms with Crippen LogP contribution in [0.1, 0.15) is 18.1 Å². The van der Waals surface area contributed by atoms with Gasteiger partial charge in [-0.2, -0.15) is 0 Å². The molecule has 0 aromatic heterocycles. The largest absolute Gasteiger partial charge is 0.493 e. The average molecular weight is 305 g/mol. The van der Waals surface area contributed by atoms with Crippen LogP contribution in [0.15, 0.2) is 18.2 Å². The molecule has 0 radical (unpaired) electrons. The first-order valence-electron chi connectivity index (χ1n) is 5.28. The molecular weight excluding hydrogens is 288 g/mol. The minimum atomic E-state index is -0.924. The van der Waals surface area contributed by atoms with Crippen molar-refractivity contribution in [2.75, 3.05) is 19.5 Å². The van der Waals surface area contributed by atoms with E-state index in [-0.39, 0.29) is 0 Å². The Kier molecular flexibility index (Phi) is 5.74. The summed E-state index contributed by atoms with van der Waals surface area (Å²) in [5.41, 5.74) is 0.608. The fourth-order valence-electron chi connectivity index (χ4n) is 1.53. The second-order valence-electron chi connectivity index (χ2n) is 3.60. The molecule has 4 nitrogen and oxygen atoms in total. The van der Waals surface area contributed by atoms with Gasteiger partial charge in [-0.1, -0.05) is 22.0 Å². The third-order valence-electron chi connectivity index (χ3n) is 2.52. The SMILES string of the molecule is COc1ccc(C(O)C(O)CCBr)cc1OC. The van der Waals surface area contributed by atoms with Crippen LogP contribution in [0.2, 0.25) is 0 Å². The number of hydrogen-bond donors (Lipinski definition) is 2. The van der Waals surface area contributed by atoms with Crippen LogP contribution >= 0.6 is 15.9 Å². The first-order valence-corrected chi connectivity index (χ1v) is 6.40. The lowest BCUT2D eigenvalue weighted by Gasteiger charge is -2.18. The lowest BCUT2D eigenvalue weighted by molar-refractivity contribution is 0.0172. The van der Waals surface area contributed by atoms with Gasteiger partial charge in [0.05, 0.1) is 20.3 Å². The van der Waals surface area contributed by atoms with Gasteiger partial charge in [0.2, 0.25) is 0 Å². The van der Waals surface area contributed by atoms with Crippen LogP contribution in [0.4, 0.5) is 0 Å². The highest BCUT2D eigenvalue weighted by Gasteiger charge is 2.19. The van der Waals surface area contributed by atoms with Gasteiger partial charge in [-0.3, -0.25) is 0 Å². The van der Waals surface area contributed by atoms with Crippen LogP contribution < -0.4 is 9.47 Å². The van der Waals surface area contributed by atoms with E-state index in [1.807, 2.05) is 0 Å². The maximum absolute atomic E-state index is 9.94. The molecular formula is C12H17BrO4. The van der Waals surface area contributed by atoms with Gasteiger partial charge in [0.1, 0.15) is 6.10 Å². The molecule has 0 bridgehead atoms. The van der Waals surface area contributed by atoms with Gasteiger partial charge in [-0.05, 0) is 24.1 Å². The lowest BCUT2D eigenvalue weighted by Crippen LogP contribution is -2.18. The Morgan fingerprint density at radius 2 is 1.82 bits per heavy atom. The summed E-state index contributed by atoms with van der Waals surface area (Å²) in [5, 5.41) is 20.3. The number of aliphatic hydroxyl groups is 2. The first-order chi connectivity index (χ1) is 8.13. The average Bonchev–Trinajstić information content (AvgIpc) is 2.37. The maximum Gasteiger partial charge on any atom is 0.161 e. The molecule has 0 amide bonds. The van der Waals surface area contributed by atoms with Crippen molar-refractivity contribution in [3.8, 4) is 11.5 Å². The summed E-state index contributed by atoms with van der Waals surface area (Å²) in [6.45, 7) is 0. The molecule has 5 heteroatoms. The second kappa shape index (κ2) is 6.83. The number of aliphatic hydroxyl groups excluding tert-OH is 2. The number of halogens is 1. The highest BCUT2D eigenvalue weighted by molar-refractivity contribution is 9.09. The van der Waals surface area contributed by atoms with Crippen molar-refractivity contribution < 1.29 is 19.7 Å². The number of ether oxygens (including phenoxy) is 2. The molecule has 0 aliphatic heterocycles. The van der Waals surface area contributed by atoms with Crippen molar-refractivity contribution in [2.24, 2.45) is 0 Å². The van der Waals surface area contributed by atoms with Crippen LogP contribution in [0.25, 0.3) is 0 Å². The van der Waals surface area contributed by atoms with Gasteiger partial charge in [0, 0.05) is 5.33 Å². The van der Waals surface area contributed by atoms with E-state index in [0.29, 0.717) is 28.8 Å². The molecule has 96 valence electrons. The molecule has 0 spiro atoms. The molecule has 0 heterocycles. The number of hydrogen-bond acceptors (Lipinski definition) is 4. The Bertz CT molecular complexity index is 356. The summed E-state index contributed by atoms with van der Waals surface area (Å²) in [5.74, 6) is 1.13. The minimum Gasteiger partial charge on any atom is -0.493 e. The molecule has 0 saturated carbocycles. The highest BCUT2D eigenvalue weighted by atomic mass is 79.9. The predicted molar refractivity (Wildman–Crippen MR) is 68.9 cm³/mol. The third-order valence-corrected chi connectivity index (χ3v) is 2.98. The van der Waals surface area contributed by atoms with E-state index in [9.17, 15) is 10.2 Å². The molecule has 0 fully saturated rings. The highest BCUT2D eigenvalue weighted by Crippen LogP contribution is 2.31. The fourth-order valence-corrected chi connectivity index (χ4v) is 2.00. The van der Waals surface area contributed by atoms with E-state index in [2.05, 4.69) is 15.9 Å². The molecule has 2 atom stereocenters. The molecule has 0 saturated heterocycles. The molecule has 2 unspecified atom stereocenters. The number of rotatable bonds is 6. The van der Waals surface area contributed by atoms with Crippen LogP contribution in [0, 0.1) is 0 Å². The van der Waals surface area contributed by atoms with E-state index in [0.717, 1.165) is 0 Å². The quantitative estimate of drug-likeness (QED) is 0.788. The van der Waals surface area contributed by atoms with E-state index in [1.165, 1.54) is 7.11 Å². The molecule has 1 rings (SSSR count). The maximum atomic E-state index is 9.94. The van der Waals surface area contributed by atoms with Gasteiger partial charge >= 0.3 is 0 Å². The molecule has 1 aromatic rings. The molecule has 0 aliphatic carbocycles. The van der Waals surface area contributed by atoms with Crippen LogP contribution in [-0.2, 0) is 0 Å². The van der Waals surface area contributed by atoms with Crippen molar-refractivity contribution >= 4 is 15.9 Å². The zero-order valence-electron chi connectivity index (χ0n) is 9.89. The second-order valence-corrected chi connectivity index (χ2v) is 4.40. The zero-order valence-corrected chi connectivity index (χ0v) is 11.5. The zero-order chi connectivity index (χ0) is 12.8. The van der Waals surface area contributed by atoms with Gasteiger partial charge in [-0.25, -0.2) is 0 Å². The summed E-state index contributed by atoms with van der Waals surface area (Å²) >= 11 is 3.23. The monoisotopic (exact) mass is 304 g/mol. The van der Waals surface area contributed by atoms with Gasteiger partial charge in [0.15, 0.2) is 11.5 Å². The van der Waals surface area contributed by atoms with Crippen LogP contribution in [-0.4, -0.2) is 35.9 Å². The smallest absolute Gasteiger partial charge is 0.161 e. The Hall–Kier alpha value is -0.780. The number of methoxy groups -OCH3 is 2. The fraction of sp³-hybridized carbons (Fsp3) is 0.500. The lowest BCUT2D eigenvalue weighted by atomic mass is 10.0. The van der Waals surface area contributed by atoms with Crippen molar-refractivity contribution in [3.63, 3.8) is 0 Å². The van der Waals surface area contributed by atoms with E-state index in [1.54, 1.807) is 25.3 Å². The van der Waals surface area contributed by atoms with E-state index in [4.69, 9.17) is 9.47 Å². The van der Waals surface area contributed by atoms with Crippen molar-refractivity contribution in [2.45, 2.75) is 18.6 Å². The summed E-state index contributed by atoms with van der Waals surface area (Å²) < 4.78 is 10.2. The number of benzene rings is 1. The van der Waals surface area contributed by atoms with E-state index >= 15 is 0 Å². The van der Waals surface area contributed by atoms with Crippen LogP contribution in [0.3, 0.4) is 0 Å². The number of alkyl halides is 1. The standard InChI is InChI=1S/C12H17BrO4/c1-16-10-4-3-8(7-11(10)17-2)12(15)9(14)5-6-13/h3-4,7,9,12,14-15H,5-6H2,1-2H3. The molecule has 1 aromatic carbocycles. The Morgan fingerprint density at radius 1 is 1.18 bits per heavy atom. The summed E-state index contributed by atoms with van der Waals surface area (Å²) in [6, 6.07) is 5.09.